The third-order valence-corrected chi connectivity index (χ3v) is 2.46. The van der Waals surface area contributed by atoms with E-state index < -0.39 is 11.6 Å². The summed E-state index contributed by atoms with van der Waals surface area (Å²) in [5.41, 5.74) is 1.48. The molecule has 1 nitrogen and oxygen atoms in total. The molecule has 3 heteroatoms. The van der Waals surface area contributed by atoms with Gasteiger partial charge in [-0.3, -0.25) is 0 Å². The van der Waals surface area contributed by atoms with Crippen LogP contribution in [0.25, 0.3) is 0 Å². The second-order valence-electron chi connectivity index (χ2n) is 3.70. The van der Waals surface area contributed by atoms with E-state index >= 15 is 0 Å². The van der Waals surface area contributed by atoms with Crippen LogP contribution < -0.4 is 5.32 Å². The van der Waals surface area contributed by atoms with Gasteiger partial charge in [-0.1, -0.05) is 18.2 Å². The van der Waals surface area contributed by atoms with Gasteiger partial charge in [-0.25, -0.2) is 8.78 Å². The van der Waals surface area contributed by atoms with Crippen molar-refractivity contribution in [3.63, 3.8) is 0 Å². The van der Waals surface area contributed by atoms with E-state index in [0.717, 1.165) is 11.8 Å². The molecule has 87 valence electrons. The lowest BCUT2D eigenvalue weighted by molar-refractivity contribution is 0.572. The van der Waals surface area contributed by atoms with Gasteiger partial charge in [-0.05, 0) is 36.2 Å². The first kappa shape index (κ1) is 11.6. The van der Waals surface area contributed by atoms with Crippen LogP contribution in [0.4, 0.5) is 14.5 Å². The molecule has 2 aromatic rings. The predicted octanol–water partition coefficient (Wildman–Crippen LogP) is 3.42. The van der Waals surface area contributed by atoms with Gasteiger partial charge < -0.3 is 5.32 Å². The summed E-state index contributed by atoms with van der Waals surface area (Å²) in [6.45, 7) is 0.604. The van der Waals surface area contributed by atoms with Crippen LogP contribution in [0.5, 0.6) is 0 Å². The molecule has 0 bridgehead atoms. The van der Waals surface area contributed by atoms with Crippen LogP contribution in [0.2, 0.25) is 0 Å². The molecule has 0 aliphatic rings. The monoisotopic (exact) mass is 232 g/mol. The number of benzene rings is 2. The molecule has 2 aromatic carbocycles. The highest BCUT2D eigenvalue weighted by Crippen LogP contribution is 2.11. The summed E-state index contributed by atoms with van der Waals surface area (Å²) in [6.07, 6.45) is 0.519. The zero-order valence-electron chi connectivity index (χ0n) is 9.21. The standard InChI is InChI=1S/C14H12F2N/c15-12-7-6-11(14(16)10-12)8-9-17-13-4-2-1-3-5-13/h2-7,10,17H,8-9H2. The summed E-state index contributed by atoms with van der Waals surface area (Å²) >= 11 is 0. The molecule has 17 heavy (non-hydrogen) atoms. The van der Waals surface area contributed by atoms with Crippen LogP contribution in [-0.2, 0) is 6.42 Å². The van der Waals surface area contributed by atoms with Crippen LogP contribution >= 0.6 is 0 Å². The molecule has 0 aliphatic heterocycles. The van der Waals surface area contributed by atoms with Gasteiger partial charge >= 0.3 is 0 Å². The topological polar surface area (TPSA) is 12.0 Å². The normalized spacial score (nSPS) is 10.2. The Balaban J connectivity index is 1.90. The molecule has 0 unspecified atom stereocenters. The molecule has 0 saturated carbocycles. The van der Waals surface area contributed by atoms with E-state index in [-0.39, 0.29) is 0 Å². The minimum atomic E-state index is -0.544. The molecule has 0 fully saturated rings. The largest absolute Gasteiger partial charge is 0.385 e. The molecule has 0 heterocycles. The first-order valence-corrected chi connectivity index (χ1v) is 5.39. The Labute approximate surface area is 99.1 Å². The summed E-state index contributed by atoms with van der Waals surface area (Å²) < 4.78 is 26.0. The van der Waals surface area contributed by atoms with Crippen molar-refractivity contribution in [3.8, 4) is 0 Å². The number of anilines is 1. The maximum absolute atomic E-state index is 13.3. The molecule has 0 saturated heterocycles. The maximum Gasteiger partial charge on any atom is 0.129 e. The smallest absolute Gasteiger partial charge is 0.129 e. The SMILES string of the molecule is Fc1ccc(CCNc2cc[c]cc2)c(F)c1. The quantitative estimate of drug-likeness (QED) is 0.851. The Bertz CT molecular complexity index is 483. The van der Waals surface area contributed by atoms with Gasteiger partial charge in [-0.15, -0.1) is 0 Å². The van der Waals surface area contributed by atoms with Gasteiger partial charge in [0.2, 0.25) is 0 Å². The Morgan fingerprint density at radius 1 is 1.06 bits per heavy atom. The zero-order valence-corrected chi connectivity index (χ0v) is 9.21. The second-order valence-corrected chi connectivity index (χ2v) is 3.70. The van der Waals surface area contributed by atoms with Gasteiger partial charge in [0.05, 0.1) is 0 Å². The Morgan fingerprint density at radius 2 is 1.82 bits per heavy atom. The second kappa shape index (κ2) is 5.43. The molecule has 0 aliphatic carbocycles. The first-order chi connectivity index (χ1) is 8.25. The van der Waals surface area contributed by atoms with Crippen LogP contribution in [0, 0.1) is 17.7 Å². The summed E-state index contributed by atoms with van der Waals surface area (Å²) in [7, 11) is 0. The number of hydrogen-bond donors (Lipinski definition) is 1. The zero-order chi connectivity index (χ0) is 12.1. The van der Waals surface area contributed by atoms with Crippen LogP contribution in [-0.4, -0.2) is 6.54 Å². The van der Waals surface area contributed by atoms with E-state index in [0.29, 0.717) is 18.5 Å². The molecular formula is C14H12F2N. The lowest BCUT2D eigenvalue weighted by Crippen LogP contribution is -2.06. The number of nitrogens with one attached hydrogen (secondary N) is 1. The number of halogens is 2. The lowest BCUT2D eigenvalue weighted by atomic mass is 10.1. The van der Waals surface area contributed by atoms with E-state index in [1.54, 1.807) is 12.1 Å². The summed E-state index contributed by atoms with van der Waals surface area (Å²) in [5.74, 6) is -1.04. The predicted molar refractivity (Wildman–Crippen MR) is 63.8 cm³/mol. The third-order valence-electron chi connectivity index (χ3n) is 2.46. The van der Waals surface area contributed by atoms with Gasteiger partial charge in [-0.2, -0.15) is 0 Å². The number of rotatable bonds is 4. The third kappa shape index (κ3) is 3.28. The first-order valence-electron chi connectivity index (χ1n) is 5.39. The van der Waals surface area contributed by atoms with Gasteiger partial charge in [0.25, 0.3) is 0 Å². The van der Waals surface area contributed by atoms with Gasteiger partial charge in [0.1, 0.15) is 11.6 Å². The van der Waals surface area contributed by atoms with Gasteiger partial charge in [0.15, 0.2) is 0 Å². The average Bonchev–Trinajstić information content (AvgIpc) is 2.33. The Hall–Kier alpha value is -1.90. The fourth-order valence-electron chi connectivity index (χ4n) is 1.57. The molecule has 0 aromatic heterocycles. The van der Waals surface area contributed by atoms with Crippen LogP contribution in [0.1, 0.15) is 5.56 Å². The molecule has 0 atom stereocenters. The average molecular weight is 232 g/mol. The minimum absolute atomic E-state index is 0.492. The van der Waals surface area contributed by atoms with E-state index in [1.807, 2.05) is 12.1 Å². The fourth-order valence-corrected chi connectivity index (χ4v) is 1.57. The van der Waals surface area contributed by atoms with E-state index in [1.165, 1.54) is 12.1 Å². The summed E-state index contributed by atoms with van der Waals surface area (Å²) in [5, 5.41) is 3.15. The Kier molecular flexibility index (Phi) is 3.70. The van der Waals surface area contributed by atoms with Crippen molar-refractivity contribution in [3.05, 3.63) is 65.7 Å². The summed E-state index contributed by atoms with van der Waals surface area (Å²) in [4.78, 5) is 0. The van der Waals surface area contributed by atoms with Crippen molar-refractivity contribution >= 4 is 5.69 Å². The summed E-state index contributed by atoms with van der Waals surface area (Å²) in [6, 6.07) is 14.0. The fraction of sp³-hybridized carbons (Fsp3) is 0.143. The van der Waals surface area contributed by atoms with Crippen LogP contribution in [0.3, 0.4) is 0 Å². The molecule has 0 amide bonds. The molecular weight excluding hydrogens is 220 g/mol. The molecule has 1 N–H and O–H groups in total. The maximum atomic E-state index is 13.3. The van der Waals surface area contributed by atoms with E-state index in [2.05, 4.69) is 11.4 Å². The van der Waals surface area contributed by atoms with Crippen molar-refractivity contribution in [2.75, 3.05) is 11.9 Å². The lowest BCUT2D eigenvalue weighted by Gasteiger charge is -2.06. The van der Waals surface area contributed by atoms with Gasteiger partial charge in [0, 0.05) is 18.3 Å². The van der Waals surface area contributed by atoms with Crippen LogP contribution in [0.15, 0.2) is 42.5 Å². The van der Waals surface area contributed by atoms with Crippen molar-refractivity contribution in [1.82, 2.24) is 0 Å². The van der Waals surface area contributed by atoms with E-state index in [4.69, 9.17) is 0 Å². The van der Waals surface area contributed by atoms with Crippen molar-refractivity contribution in [1.29, 1.82) is 0 Å². The Morgan fingerprint density at radius 3 is 2.53 bits per heavy atom. The molecule has 2 rings (SSSR count). The highest BCUT2D eigenvalue weighted by Gasteiger charge is 2.02. The number of hydrogen-bond acceptors (Lipinski definition) is 1. The highest BCUT2D eigenvalue weighted by molar-refractivity contribution is 5.42. The molecule has 0 spiro atoms. The van der Waals surface area contributed by atoms with Crippen molar-refractivity contribution in [2.45, 2.75) is 6.42 Å². The van der Waals surface area contributed by atoms with E-state index in [9.17, 15) is 8.78 Å². The van der Waals surface area contributed by atoms with Crippen molar-refractivity contribution < 1.29 is 8.78 Å². The molecule has 1 radical (unpaired) electrons. The highest BCUT2D eigenvalue weighted by atomic mass is 19.1. The minimum Gasteiger partial charge on any atom is -0.385 e. The van der Waals surface area contributed by atoms with Crippen molar-refractivity contribution in [2.24, 2.45) is 0 Å².